The zero-order valence-electron chi connectivity index (χ0n) is 14.7. The standard InChI is InChI=1S/C21H26O2Si/c1-5-20(23-17-16-22)24(21(2,3)4,18-12-8-6-9-13-18)19-14-10-7-11-15-19/h1,6-15,20,22H,16-17H2,2-4H3. The molecule has 0 spiro atoms. The van der Waals surface area contributed by atoms with Crippen molar-refractivity contribution in [3.05, 3.63) is 60.7 Å². The van der Waals surface area contributed by atoms with Gasteiger partial charge in [-0.2, -0.15) is 0 Å². The Morgan fingerprint density at radius 2 is 1.46 bits per heavy atom. The summed E-state index contributed by atoms with van der Waals surface area (Å²) in [5.41, 5.74) is -0.352. The molecule has 1 N–H and O–H groups in total. The molecule has 0 saturated carbocycles. The van der Waals surface area contributed by atoms with Crippen molar-refractivity contribution in [2.24, 2.45) is 0 Å². The molecular weight excluding hydrogens is 312 g/mol. The molecule has 0 bridgehead atoms. The highest BCUT2D eigenvalue weighted by molar-refractivity contribution is 7.05. The van der Waals surface area contributed by atoms with Gasteiger partial charge in [0.1, 0.15) is 5.73 Å². The molecule has 0 aliphatic heterocycles. The van der Waals surface area contributed by atoms with Crippen molar-refractivity contribution in [2.45, 2.75) is 31.5 Å². The zero-order chi connectivity index (χ0) is 17.6. The minimum absolute atomic E-state index is 0.0314. The van der Waals surface area contributed by atoms with Crippen LogP contribution in [0.4, 0.5) is 0 Å². The molecule has 0 saturated heterocycles. The van der Waals surface area contributed by atoms with E-state index in [1.165, 1.54) is 10.4 Å². The van der Waals surface area contributed by atoms with E-state index in [2.05, 4.69) is 75.2 Å². The van der Waals surface area contributed by atoms with Crippen LogP contribution >= 0.6 is 0 Å². The average Bonchev–Trinajstić information content (AvgIpc) is 2.59. The molecule has 2 aromatic carbocycles. The number of hydrogen-bond donors (Lipinski definition) is 1. The van der Waals surface area contributed by atoms with Gasteiger partial charge >= 0.3 is 0 Å². The molecule has 0 amide bonds. The Kier molecular flexibility index (Phi) is 6.01. The van der Waals surface area contributed by atoms with Gasteiger partial charge in [-0.15, -0.1) is 6.42 Å². The van der Waals surface area contributed by atoms with E-state index in [4.69, 9.17) is 11.2 Å². The summed E-state index contributed by atoms with van der Waals surface area (Å²) < 4.78 is 6.02. The molecule has 1 unspecified atom stereocenters. The Labute approximate surface area is 146 Å². The molecule has 0 heterocycles. The van der Waals surface area contributed by atoms with E-state index in [-0.39, 0.29) is 24.0 Å². The summed E-state index contributed by atoms with van der Waals surface area (Å²) in [6, 6.07) is 20.9. The van der Waals surface area contributed by atoms with E-state index in [0.29, 0.717) is 0 Å². The maximum atomic E-state index is 9.24. The van der Waals surface area contributed by atoms with Crippen molar-refractivity contribution in [1.29, 1.82) is 0 Å². The molecule has 0 radical (unpaired) electrons. The Balaban J connectivity index is 2.77. The van der Waals surface area contributed by atoms with Gasteiger partial charge in [0.15, 0.2) is 8.07 Å². The molecule has 2 rings (SSSR count). The number of hydrogen-bond acceptors (Lipinski definition) is 2. The number of benzene rings is 2. The Morgan fingerprint density at radius 3 is 1.79 bits per heavy atom. The monoisotopic (exact) mass is 338 g/mol. The average molecular weight is 339 g/mol. The van der Waals surface area contributed by atoms with Crippen LogP contribution in [0.2, 0.25) is 5.04 Å². The molecule has 0 aromatic heterocycles. The second-order valence-electron chi connectivity index (χ2n) is 6.93. The predicted molar refractivity (Wildman–Crippen MR) is 103 cm³/mol. The second kappa shape index (κ2) is 7.81. The van der Waals surface area contributed by atoms with Gasteiger partial charge in [-0.3, -0.25) is 0 Å². The van der Waals surface area contributed by atoms with Crippen molar-refractivity contribution in [1.82, 2.24) is 0 Å². The first-order valence-electron chi connectivity index (χ1n) is 8.28. The number of aliphatic hydroxyl groups is 1. The van der Waals surface area contributed by atoms with Gasteiger partial charge in [-0.25, -0.2) is 0 Å². The third-order valence-electron chi connectivity index (χ3n) is 4.56. The van der Waals surface area contributed by atoms with E-state index in [0.717, 1.165) is 0 Å². The van der Waals surface area contributed by atoms with Crippen LogP contribution in [0.3, 0.4) is 0 Å². The summed E-state index contributed by atoms with van der Waals surface area (Å²) in [6.45, 7) is 6.94. The van der Waals surface area contributed by atoms with E-state index in [1.54, 1.807) is 0 Å². The summed E-state index contributed by atoms with van der Waals surface area (Å²) in [6.07, 6.45) is 5.95. The van der Waals surface area contributed by atoms with Crippen molar-refractivity contribution in [3.8, 4) is 12.3 Å². The fraction of sp³-hybridized carbons (Fsp3) is 0.333. The van der Waals surface area contributed by atoms with Gasteiger partial charge in [-0.05, 0) is 15.4 Å². The minimum Gasteiger partial charge on any atom is -0.394 e. The number of ether oxygens (including phenoxy) is 1. The number of terminal acetylenes is 1. The van der Waals surface area contributed by atoms with Crippen LogP contribution in [-0.4, -0.2) is 32.1 Å². The third kappa shape index (κ3) is 3.32. The maximum Gasteiger partial charge on any atom is 0.169 e. The predicted octanol–water partition coefficient (Wildman–Crippen LogP) is 2.60. The first-order valence-corrected chi connectivity index (χ1v) is 10.4. The molecule has 24 heavy (non-hydrogen) atoms. The van der Waals surface area contributed by atoms with Gasteiger partial charge in [0.05, 0.1) is 13.2 Å². The van der Waals surface area contributed by atoms with Crippen LogP contribution in [-0.2, 0) is 4.74 Å². The lowest BCUT2D eigenvalue weighted by molar-refractivity contribution is 0.0906. The highest BCUT2D eigenvalue weighted by atomic mass is 28.3. The second-order valence-corrected chi connectivity index (χ2v) is 11.7. The quantitative estimate of drug-likeness (QED) is 0.648. The smallest absolute Gasteiger partial charge is 0.169 e. The van der Waals surface area contributed by atoms with Crippen molar-refractivity contribution >= 4 is 18.4 Å². The Hall–Kier alpha value is -1.86. The molecular formula is C21H26O2Si. The van der Waals surface area contributed by atoms with Crippen LogP contribution < -0.4 is 10.4 Å². The van der Waals surface area contributed by atoms with Crippen molar-refractivity contribution in [3.63, 3.8) is 0 Å². The van der Waals surface area contributed by atoms with E-state index in [9.17, 15) is 5.11 Å². The Morgan fingerprint density at radius 1 is 1.00 bits per heavy atom. The van der Waals surface area contributed by atoms with Crippen LogP contribution in [0.15, 0.2) is 60.7 Å². The van der Waals surface area contributed by atoms with Crippen LogP contribution in [0.25, 0.3) is 0 Å². The summed E-state index contributed by atoms with van der Waals surface area (Å²) in [7, 11) is -2.49. The third-order valence-corrected chi connectivity index (χ3v) is 10.5. The normalized spacial score (nSPS) is 13.3. The molecule has 0 aliphatic carbocycles. The largest absolute Gasteiger partial charge is 0.394 e. The molecule has 126 valence electrons. The number of rotatable bonds is 6. The van der Waals surface area contributed by atoms with Gasteiger partial charge in [0.2, 0.25) is 0 Å². The molecule has 3 heteroatoms. The SMILES string of the molecule is C#CC(OCCO)[Si](c1ccccc1)(c1ccccc1)C(C)(C)C. The van der Waals surface area contributed by atoms with E-state index >= 15 is 0 Å². The minimum atomic E-state index is -2.49. The molecule has 2 aromatic rings. The number of aliphatic hydroxyl groups excluding tert-OH is 1. The van der Waals surface area contributed by atoms with Gasteiger partial charge in [0, 0.05) is 0 Å². The van der Waals surface area contributed by atoms with Gasteiger partial charge in [-0.1, -0.05) is 87.4 Å². The summed E-state index contributed by atoms with van der Waals surface area (Å²) >= 11 is 0. The zero-order valence-corrected chi connectivity index (χ0v) is 15.7. The fourth-order valence-electron chi connectivity index (χ4n) is 3.60. The Bertz CT molecular complexity index is 629. The highest BCUT2D eigenvalue weighted by Gasteiger charge is 2.53. The lowest BCUT2D eigenvalue weighted by atomic mass is 10.2. The van der Waals surface area contributed by atoms with Crippen molar-refractivity contribution < 1.29 is 9.84 Å². The first-order chi connectivity index (χ1) is 11.5. The summed E-state index contributed by atoms with van der Waals surface area (Å²) in [4.78, 5) is 0. The molecule has 1 atom stereocenters. The molecule has 2 nitrogen and oxygen atoms in total. The topological polar surface area (TPSA) is 29.5 Å². The maximum absolute atomic E-state index is 9.24. The van der Waals surface area contributed by atoms with Crippen molar-refractivity contribution in [2.75, 3.05) is 13.2 Å². The molecule has 0 aliphatic rings. The lowest BCUT2D eigenvalue weighted by Gasteiger charge is -2.46. The van der Waals surface area contributed by atoms with Crippen LogP contribution in [0.1, 0.15) is 20.8 Å². The van der Waals surface area contributed by atoms with Gasteiger partial charge in [0.25, 0.3) is 0 Å². The summed E-state index contributed by atoms with van der Waals surface area (Å²) in [5, 5.41) is 11.7. The van der Waals surface area contributed by atoms with E-state index < -0.39 is 8.07 Å². The fourth-order valence-corrected chi connectivity index (χ4v) is 9.11. The summed E-state index contributed by atoms with van der Waals surface area (Å²) in [5.74, 6) is 2.91. The van der Waals surface area contributed by atoms with Gasteiger partial charge < -0.3 is 9.84 Å². The lowest BCUT2D eigenvalue weighted by Crippen LogP contribution is -2.72. The van der Waals surface area contributed by atoms with Crippen LogP contribution in [0.5, 0.6) is 0 Å². The first kappa shape index (κ1) is 18.5. The molecule has 0 fully saturated rings. The van der Waals surface area contributed by atoms with Crippen LogP contribution in [0, 0.1) is 12.3 Å². The van der Waals surface area contributed by atoms with E-state index in [1.807, 2.05) is 12.1 Å². The highest BCUT2D eigenvalue weighted by Crippen LogP contribution is 2.39.